The lowest BCUT2D eigenvalue weighted by Gasteiger charge is -2.26. The zero-order valence-electron chi connectivity index (χ0n) is 10.6. The number of amides is 1. The summed E-state index contributed by atoms with van der Waals surface area (Å²) in [7, 11) is 1.98. The van der Waals surface area contributed by atoms with Crippen molar-refractivity contribution in [1.29, 1.82) is 0 Å². The lowest BCUT2D eigenvalue weighted by molar-refractivity contribution is -0.115. The Bertz CT molecular complexity index is 494. The molecule has 3 rings (SSSR count). The topological polar surface area (TPSA) is 67.2 Å². The molecule has 1 aromatic rings. The van der Waals surface area contributed by atoms with Gasteiger partial charge in [0.2, 0.25) is 5.91 Å². The van der Waals surface area contributed by atoms with Crippen LogP contribution in [0.2, 0.25) is 0 Å². The van der Waals surface area contributed by atoms with E-state index in [4.69, 9.17) is 5.73 Å². The van der Waals surface area contributed by atoms with Crippen molar-refractivity contribution in [1.82, 2.24) is 5.32 Å². The van der Waals surface area contributed by atoms with Crippen molar-refractivity contribution in [3.8, 4) is 0 Å². The molecule has 1 saturated carbocycles. The largest absolute Gasteiger partial charge is 0.330 e. The standard InChI is InChI=1S/C14H19N3O/c1-16-13(14(8-15)4-5-14)9-2-3-11-10(6-9)7-12(18)17-11/h2-3,6,13,16H,4-5,7-8,15H2,1H3,(H,17,18). The highest BCUT2D eigenvalue weighted by Gasteiger charge is 2.48. The third-order valence-electron chi connectivity index (χ3n) is 4.29. The van der Waals surface area contributed by atoms with E-state index in [-0.39, 0.29) is 11.3 Å². The monoisotopic (exact) mass is 245 g/mol. The molecule has 0 saturated heterocycles. The molecule has 2 aliphatic rings. The summed E-state index contributed by atoms with van der Waals surface area (Å²) in [6.07, 6.45) is 2.86. The van der Waals surface area contributed by atoms with Crippen LogP contribution in [0.25, 0.3) is 0 Å². The first-order valence-corrected chi connectivity index (χ1v) is 6.48. The van der Waals surface area contributed by atoms with Crippen molar-refractivity contribution in [2.45, 2.75) is 25.3 Å². The number of anilines is 1. The summed E-state index contributed by atoms with van der Waals surface area (Å²) in [5.74, 6) is 0.0862. The Hall–Kier alpha value is -1.39. The van der Waals surface area contributed by atoms with E-state index in [9.17, 15) is 4.79 Å². The maximum absolute atomic E-state index is 11.4. The van der Waals surface area contributed by atoms with Crippen molar-refractivity contribution >= 4 is 11.6 Å². The molecule has 1 heterocycles. The van der Waals surface area contributed by atoms with Crippen LogP contribution >= 0.6 is 0 Å². The minimum absolute atomic E-state index is 0.0862. The molecule has 4 heteroatoms. The molecule has 4 N–H and O–H groups in total. The Balaban J connectivity index is 1.93. The Kier molecular flexibility index (Phi) is 2.64. The van der Waals surface area contributed by atoms with E-state index in [1.807, 2.05) is 13.1 Å². The van der Waals surface area contributed by atoms with Gasteiger partial charge in [-0.1, -0.05) is 12.1 Å². The van der Waals surface area contributed by atoms with Crippen LogP contribution in [-0.2, 0) is 11.2 Å². The van der Waals surface area contributed by atoms with Gasteiger partial charge in [-0.3, -0.25) is 4.79 Å². The molecule has 1 aromatic carbocycles. The molecule has 0 aromatic heterocycles. The van der Waals surface area contributed by atoms with Crippen molar-refractivity contribution < 1.29 is 4.79 Å². The Labute approximate surface area is 107 Å². The minimum atomic E-state index is 0.0862. The lowest BCUT2D eigenvalue weighted by atomic mass is 9.89. The molecule has 1 atom stereocenters. The maximum Gasteiger partial charge on any atom is 0.228 e. The van der Waals surface area contributed by atoms with E-state index in [0.717, 1.165) is 11.3 Å². The molecule has 1 amide bonds. The van der Waals surface area contributed by atoms with E-state index in [2.05, 4.69) is 22.8 Å². The lowest BCUT2D eigenvalue weighted by Crippen LogP contribution is -2.32. The van der Waals surface area contributed by atoms with Gasteiger partial charge in [0.25, 0.3) is 0 Å². The van der Waals surface area contributed by atoms with Crippen molar-refractivity contribution in [3.63, 3.8) is 0 Å². The summed E-state index contributed by atoms with van der Waals surface area (Å²) in [6, 6.07) is 6.54. The molecule has 1 unspecified atom stereocenters. The Morgan fingerprint density at radius 2 is 2.28 bits per heavy atom. The molecular formula is C14H19N3O. The summed E-state index contributed by atoms with van der Waals surface area (Å²) >= 11 is 0. The molecular weight excluding hydrogens is 226 g/mol. The summed E-state index contributed by atoms with van der Waals surface area (Å²) in [5.41, 5.74) is 9.44. The smallest absolute Gasteiger partial charge is 0.228 e. The summed E-state index contributed by atoms with van der Waals surface area (Å²) < 4.78 is 0. The third kappa shape index (κ3) is 1.72. The van der Waals surface area contributed by atoms with E-state index in [0.29, 0.717) is 19.0 Å². The highest BCUT2D eigenvalue weighted by Crippen LogP contribution is 2.54. The van der Waals surface area contributed by atoms with Crippen LogP contribution in [0.3, 0.4) is 0 Å². The van der Waals surface area contributed by atoms with Crippen LogP contribution in [0.15, 0.2) is 18.2 Å². The zero-order valence-corrected chi connectivity index (χ0v) is 10.6. The van der Waals surface area contributed by atoms with Gasteiger partial charge in [0.15, 0.2) is 0 Å². The van der Waals surface area contributed by atoms with Crippen molar-refractivity contribution in [2.24, 2.45) is 11.1 Å². The second kappa shape index (κ2) is 4.07. The molecule has 4 nitrogen and oxygen atoms in total. The average Bonchev–Trinajstić information content (AvgIpc) is 3.05. The number of nitrogens with two attached hydrogens (primary N) is 1. The van der Waals surface area contributed by atoms with Gasteiger partial charge >= 0.3 is 0 Å². The number of nitrogens with one attached hydrogen (secondary N) is 2. The van der Waals surface area contributed by atoms with E-state index < -0.39 is 0 Å². The van der Waals surface area contributed by atoms with Crippen LogP contribution in [-0.4, -0.2) is 19.5 Å². The number of hydrogen-bond donors (Lipinski definition) is 3. The quantitative estimate of drug-likeness (QED) is 0.746. The average molecular weight is 245 g/mol. The van der Waals surface area contributed by atoms with Crippen LogP contribution in [0.4, 0.5) is 5.69 Å². The third-order valence-corrected chi connectivity index (χ3v) is 4.29. The SMILES string of the molecule is CNC(c1ccc2c(c1)CC(=O)N2)C1(CN)CC1. The van der Waals surface area contributed by atoms with E-state index in [1.165, 1.54) is 18.4 Å². The predicted molar refractivity (Wildman–Crippen MR) is 71.3 cm³/mol. The van der Waals surface area contributed by atoms with Gasteiger partial charge in [-0.15, -0.1) is 0 Å². The van der Waals surface area contributed by atoms with Gasteiger partial charge in [0.1, 0.15) is 0 Å². The Morgan fingerprint density at radius 3 is 2.89 bits per heavy atom. The second-order valence-electron chi connectivity index (χ2n) is 5.43. The maximum atomic E-state index is 11.4. The van der Waals surface area contributed by atoms with Crippen molar-refractivity contribution in [2.75, 3.05) is 18.9 Å². The molecule has 0 spiro atoms. The highest BCUT2D eigenvalue weighted by molar-refractivity contribution is 5.99. The highest BCUT2D eigenvalue weighted by atomic mass is 16.1. The fourth-order valence-corrected chi connectivity index (χ4v) is 3.03. The van der Waals surface area contributed by atoms with Crippen LogP contribution in [0.5, 0.6) is 0 Å². The number of carbonyl (C=O) groups excluding carboxylic acids is 1. The molecule has 1 aliphatic heterocycles. The van der Waals surface area contributed by atoms with Crippen LogP contribution < -0.4 is 16.4 Å². The minimum Gasteiger partial charge on any atom is -0.330 e. The first-order chi connectivity index (χ1) is 8.68. The van der Waals surface area contributed by atoms with E-state index in [1.54, 1.807) is 0 Å². The predicted octanol–water partition coefficient (Wildman–Crippen LogP) is 1.18. The number of fused-ring (bicyclic) bond motifs is 1. The van der Waals surface area contributed by atoms with Gasteiger partial charge in [-0.05, 0) is 43.6 Å². The number of benzene rings is 1. The number of hydrogen-bond acceptors (Lipinski definition) is 3. The van der Waals surface area contributed by atoms with E-state index >= 15 is 0 Å². The molecule has 0 bridgehead atoms. The number of carbonyl (C=O) groups is 1. The first-order valence-electron chi connectivity index (χ1n) is 6.48. The number of rotatable bonds is 4. The van der Waals surface area contributed by atoms with Gasteiger partial charge in [-0.25, -0.2) is 0 Å². The normalized spacial score (nSPS) is 21.3. The fraction of sp³-hybridized carbons (Fsp3) is 0.500. The fourth-order valence-electron chi connectivity index (χ4n) is 3.03. The summed E-state index contributed by atoms with van der Waals surface area (Å²) in [4.78, 5) is 11.4. The van der Waals surface area contributed by atoms with Crippen LogP contribution in [0.1, 0.15) is 30.0 Å². The molecule has 0 radical (unpaired) electrons. The van der Waals surface area contributed by atoms with Gasteiger partial charge < -0.3 is 16.4 Å². The Morgan fingerprint density at radius 1 is 1.50 bits per heavy atom. The van der Waals surface area contributed by atoms with Gasteiger partial charge in [0.05, 0.1) is 6.42 Å². The van der Waals surface area contributed by atoms with Crippen LogP contribution in [0, 0.1) is 5.41 Å². The first kappa shape index (κ1) is 11.7. The molecule has 1 aliphatic carbocycles. The zero-order chi connectivity index (χ0) is 12.8. The van der Waals surface area contributed by atoms with Gasteiger partial charge in [-0.2, -0.15) is 0 Å². The summed E-state index contributed by atoms with van der Waals surface area (Å²) in [6.45, 7) is 0.715. The molecule has 18 heavy (non-hydrogen) atoms. The molecule has 1 fully saturated rings. The second-order valence-corrected chi connectivity index (χ2v) is 5.43. The van der Waals surface area contributed by atoms with Crippen molar-refractivity contribution in [3.05, 3.63) is 29.3 Å². The van der Waals surface area contributed by atoms with Gasteiger partial charge in [0, 0.05) is 17.1 Å². The summed E-state index contributed by atoms with van der Waals surface area (Å²) in [5, 5.41) is 6.25. The molecule has 96 valence electrons.